The summed E-state index contributed by atoms with van der Waals surface area (Å²) in [6.07, 6.45) is 6.14. The normalized spacial score (nSPS) is 23.4. The molecule has 0 aliphatic carbocycles. The maximum absolute atomic E-state index is 5.92. The maximum atomic E-state index is 5.92. The smallest absolute Gasteiger partial charge is 0.403 e. The Morgan fingerprint density at radius 2 is 1.40 bits per heavy atom. The average molecular weight is 212 g/mol. The molecule has 0 bridgehead atoms. The Morgan fingerprint density at radius 1 is 0.867 bits per heavy atom. The summed E-state index contributed by atoms with van der Waals surface area (Å²) in [5, 5.41) is 0. The first-order valence-corrected chi connectivity index (χ1v) is 6.25. The van der Waals surface area contributed by atoms with Gasteiger partial charge in [0.25, 0.3) is 0 Å². The van der Waals surface area contributed by atoms with Crippen LogP contribution in [0.2, 0.25) is 6.32 Å². The van der Waals surface area contributed by atoms with E-state index in [1.165, 1.54) is 25.7 Å². The van der Waals surface area contributed by atoms with Crippen molar-refractivity contribution in [1.82, 2.24) is 0 Å². The van der Waals surface area contributed by atoms with Crippen LogP contribution in [0.4, 0.5) is 0 Å². The van der Waals surface area contributed by atoms with Crippen LogP contribution < -0.4 is 0 Å². The summed E-state index contributed by atoms with van der Waals surface area (Å²) >= 11 is 0. The molecule has 1 aliphatic heterocycles. The van der Waals surface area contributed by atoms with Crippen LogP contribution in [0.3, 0.4) is 0 Å². The largest absolute Gasteiger partial charge is 0.457 e. The highest BCUT2D eigenvalue weighted by molar-refractivity contribution is 6.45. The van der Waals surface area contributed by atoms with E-state index in [4.69, 9.17) is 9.31 Å². The van der Waals surface area contributed by atoms with E-state index in [1.807, 2.05) is 0 Å². The molecule has 1 aliphatic rings. The lowest BCUT2D eigenvalue weighted by molar-refractivity contribution is 0.00578. The predicted octanol–water partition coefficient (Wildman–Crippen LogP) is 3.66. The molecule has 0 aromatic carbocycles. The number of hydrogen-bond acceptors (Lipinski definition) is 2. The lowest BCUT2D eigenvalue weighted by Gasteiger charge is -2.32. The molecule has 0 spiro atoms. The van der Waals surface area contributed by atoms with E-state index in [0.29, 0.717) is 0 Å². The van der Waals surface area contributed by atoms with Crippen LogP contribution in [0.5, 0.6) is 0 Å². The van der Waals surface area contributed by atoms with Crippen molar-refractivity contribution in [1.29, 1.82) is 0 Å². The first-order valence-electron chi connectivity index (χ1n) is 6.25. The third-order valence-corrected chi connectivity index (χ3v) is 3.60. The van der Waals surface area contributed by atoms with E-state index < -0.39 is 0 Å². The van der Waals surface area contributed by atoms with Crippen molar-refractivity contribution in [2.45, 2.75) is 77.8 Å². The number of unbranched alkanes of at least 4 members (excludes halogenated alkanes) is 3. The van der Waals surface area contributed by atoms with Crippen LogP contribution in [0.1, 0.15) is 60.3 Å². The van der Waals surface area contributed by atoms with Gasteiger partial charge in [-0.15, -0.1) is 0 Å². The fourth-order valence-corrected chi connectivity index (χ4v) is 1.82. The minimum absolute atomic E-state index is 0.00635. The van der Waals surface area contributed by atoms with Crippen LogP contribution in [-0.2, 0) is 9.31 Å². The zero-order chi connectivity index (χ0) is 11.5. The molecule has 3 heteroatoms. The lowest BCUT2D eigenvalue weighted by atomic mass is 9.82. The Morgan fingerprint density at radius 3 is 1.87 bits per heavy atom. The van der Waals surface area contributed by atoms with Gasteiger partial charge in [0.1, 0.15) is 0 Å². The quantitative estimate of drug-likeness (QED) is 0.511. The van der Waals surface area contributed by atoms with E-state index in [2.05, 4.69) is 34.6 Å². The molecule has 0 N–H and O–H groups in total. The third kappa shape index (κ3) is 3.22. The number of rotatable bonds is 5. The number of hydrogen-bond donors (Lipinski definition) is 0. The monoisotopic (exact) mass is 212 g/mol. The zero-order valence-electron chi connectivity index (χ0n) is 10.9. The van der Waals surface area contributed by atoms with Crippen molar-refractivity contribution < 1.29 is 9.31 Å². The summed E-state index contributed by atoms with van der Waals surface area (Å²) in [4.78, 5) is 0. The second-order valence-corrected chi connectivity index (χ2v) is 5.54. The summed E-state index contributed by atoms with van der Waals surface area (Å²) < 4.78 is 11.8. The molecule has 2 nitrogen and oxygen atoms in total. The second-order valence-electron chi connectivity index (χ2n) is 5.54. The average Bonchev–Trinajstić information content (AvgIpc) is 2.30. The van der Waals surface area contributed by atoms with Gasteiger partial charge in [0, 0.05) is 0 Å². The first kappa shape index (κ1) is 13.1. The predicted molar refractivity (Wildman–Crippen MR) is 65.0 cm³/mol. The van der Waals surface area contributed by atoms with Gasteiger partial charge in [-0.25, -0.2) is 0 Å². The highest BCUT2D eigenvalue weighted by atomic mass is 16.7. The van der Waals surface area contributed by atoms with Crippen LogP contribution >= 0.6 is 0 Å². The molecule has 0 amide bonds. The summed E-state index contributed by atoms with van der Waals surface area (Å²) in [5.41, 5.74) is -0.329. The van der Waals surface area contributed by atoms with Crippen molar-refractivity contribution in [3.05, 3.63) is 0 Å². The van der Waals surface area contributed by atoms with Crippen molar-refractivity contribution in [2.75, 3.05) is 0 Å². The standard InChI is InChI=1S/C12H25BO2/c1-6-7-8-9-10-13-14-11(2,3)12(4,5)15-13/h6-10H2,1-5H3. The van der Waals surface area contributed by atoms with Crippen molar-refractivity contribution in [3.8, 4) is 0 Å². The zero-order valence-corrected chi connectivity index (χ0v) is 10.9. The highest BCUT2D eigenvalue weighted by Crippen LogP contribution is 2.38. The minimum Gasteiger partial charge on any atom is -0.403 e. The third-order valence-electron chi connectivity index (χ3n) is 3.60. The molecular weight excluding hydrogens is 187 g/mol. The van der Waals surface area contributed by atoms with E-state index in [-0.39, 0.29) is 18.3 Å². The van der Waals surface area contributed by atoms with Crippen molar-refractivity contribution in [3.63, 3.8) is 0 Å². The fraction of sp³-hybridized carbons (Fsp3) is 1.00. The summed E-state index contributed by atoms with van der Waals surface area (Å²) in [5.74, 6) is 0. The van der Waals surface area contributed by atoms with Crippen LogP contribution in [0.25, 0.3) is 0 Å². The SMILES string of the molecule is CCCCCCB1OC(C)(C)C(C)(C)O1. The molecule has 0 aromatic heterocycles. The molecule has 1 heterocycles. The van der Waals surface area contributed by atoms with Crippen LogP contribution in [0.15, 0.2) is 0 Å². The molecule has 0 saturated carbocycles. The summed E-state index contributed by atoms with van der Waals surface area (Å²) in [6.45, 7) is 10.7. The Balaban J connectivity index is 2.30. The van der Waals surface area contributed by atoms with Gasteiger partial charge in [0.15, 0.2) is 0 Å². The van der Waals surface area contributed by atoms with Crippen LogP contribution in [0, 0.1) is 0 Å². The van der Waals surface area contributed by atoms with Gasteiger partial charge in [-0.3, -0.25) is 0 Å². The molecule has 1 fully saturated rings. The molecular formula is C12H25BO2. The van der Waals surface area contributed by atoms with Crippen molar-refractivity contribution >= 4 is 7.12 Å². The molecule has 1 saturated heterocycles. The highest BCUT2D eigenvalue weighted by Gasteiger charge is 2.50. The second kappa shape index (κ2) is 4.88. The van der Waals surface area contributed by atoms with E-state index in [1.54, 1.807) is 0 Å². The van der Waals surface area contributed by atoms with E-state index >= 15 is 0 Å². The summed E-state index contributed by atoms with van der Waals surface area (Å²) in [6, 6.07) is 0. The van der Waals surface area contributed by atoms with E-state index in [0.717, 1.165) is 6.32 Å². The van der Waals surface area contributed by atoms with Gasteiger partial charge < -0.3 is 9.31 Å². The van der Waals surface area contributed by atoms with Gasteiger partial charge >= 0.3 is 7.12 Å². The van der Waals surface area contributed by atoms with Gasteiger partial charge in [0.2, 0.25) is 0 Å². The molecule has 1 rings (SSSR count). The van der Waals surface area contributed by atoms with Gasteiger partial charge in [-0.1, -0.05) is 32.6 Å². The van der Waals surface area contributed by atoms with E-state index in [9.17, 15) is 0 Å². The van der Waals surface area contributed by atoms with Gasteiger partial charge in [0.05, 0.1) is 11.2 Å². The first-order chi connectivity index (χ1) is 6.89. The van der Waals surface area contributed by atoms with Crippen molar-refractivity contribution in [2.24, 2.45) is 0 Å². The minimum atomic E-state index is -0.164. The Kier molecular flexibility index (Phi) is 4.24. The molecule has 0 unspecified atom stereocenters. The lowest BCUT2D eigenvalue weighted by Crippen LogP contribution is -2.41. The Hall–Kier alpha value is -0.0151. The topological polar surface area (TPSA) is 18.5 Å². The Bertz CT molecular complexity index is 186. The molecule has 0 atom stereocenters. The Labute approximate surface area is 94.9 Å². The van der Waals surface area contributed by atoms with Crippen LogP contribution in [-0.4, -0.2) is 18.3 Å². The maximum Gasteiger partial charge on any atom is 0.457 e. The molecule has 15 heavy (non-hydrogen) atoms. The molecule has 88 valence electrons. The molecule has 0 radical (unpaired) electrons. The molecule has 0 aromatic rings. The fourth-order valence-electron chi connectivity index (χ4n) is 1.82. The van der Waals surface area contributed by atoms with Gasteiger partial charge in [-0.2, -0.15) is 0 Å². The summed E-state index contributed by atoms with van der Waals surface area (Å²) in [7, 11) is 0.00635. The van der Waals surface area contributed by atoms with Gasteiger partial charge in [-0.05, 0) is 34.0 Å².